The molecule has 0 spiro atoms. The number of unbranched alkanes of at least 4 members (excludes halogenated alkanes) is 1. The van der Waals surface area contributed by atoms with E-state index in [1.54, 1.807) is 6.07 Å². The van der Waals surface area contributed by atoms with Gasteiger partial charge in [-0.05, 0) is 18.6 Å². The third kappa shape index (κ3) is 4.73. The summed E-state index contributed by atoms with van der Waals surface area (Å²) in [6.45, 7) is 2.90. The highest BCUT2D eigenvalue weighted by Gasteiger charge is 2.10. The fourth-order valence-corrected chi connectivity index (χ4v) is 2.47. The van der Waals surface area contributed by atoms with Gasteiger partial charge in [0, 0.05) is 11.0 Å². The number of nitrogen functional groups attached to an aromatic ring is 1. The lowest BCUT2D eigenvalue weighted by molar-refractivity contribution is 0.607. The molecule has 0 radical (unpaired) electrons. The second-order valence-electron chi connectivity index (χ2n) is 4.07. The van der Waals surface area contributed by atoms with Crippen molar-refractivity contribution in [1.82, 2.24) is 0 Å². The molecule has 0 saturated carbocycles. The van der Waals surface area contributed by atoms with Crippen LogP contribution in [0.1, 0.15) is 19.8 Å². The zero-order chi connectivity index (χ0) is 13.8. The maximum atomic E-state index is 11.2. The number of rotatable bonds is 6. The largest absolute Gasteiger partial charge is 0.395 e. The average Bonchev–Trinajstić information content (AvgIpc) is 2.22. The first kappa shape index (κ1) is 15.1. The topological polar surface area (TPSA) is 84.2 Å². The first-order valence-corrected chi connectivity index (χ1v) is 8.32. The smallest absolute Gasteiger partial charge is 0.229 e. The summed E-state index contributed by atoms with van der Waals surface area (Å²) in [4.78, 5) is 0. The molecule has 18 heavy (non-hydrogen) atoms. The highest BCUT2D eigenvalue weighted by atomic mass is 79.9. The Morgan fingerprint density at radius 3 is 2.50 bits per heavy atom. The maximum absolute atomic E-state index is 11.2. The van der Waals surface area contributed by atoms with Crippen molar-refractivity contribution in [2.75, 3.05) is 28.6 Å². The summed E-state index contributed by atoms with van der Waals surface area (Å²) in [5, 5.41) is 3.19. The van der Waals surface area contributed by atoms with E-state index in [2.05, 4.69) is 32.9 Å². The van der Waals surface area contributed by atoms with Crippen molar-refractivity contribution in [3.63, 3.8) is 0 Å². The molecule has 0 amide bonds. The molecule has 0 saturated heterocycles. The minimum atomic E-state index is -3.34. The first-order valence-electron chi connectivity index (χ1n) is 5.64. The standard InChI is InChI=1S/C11H18BrN3O2S/c1-3-4-5-14-9-6-8(12)7-10(11(9)13)15-18(2,16)17/h6-7,14-15H,3-5,13H2,1-2H3. The Bertz CT molecular complexity index is 517. The number of nitrogens with one attached hydrogen (secondary N) is 2. The van der Waals surface area contributed by atoms with Gasteiger partial charge in [0.2, 0.25) is 10.0 Å². The van der Waals surface area contributed by atoms with Crippen molar-refractivity contribution in [1.29, 1.82) is 0 Å². The second-order valence-corrected chi connectivity index (χ2v) is 6.73. The van der Waals surface area contributed by atoms with E-state index in [0.717, 1.165) is 35.8 Å². The molecule has 0 atom stereocenters. The molecule has 1 aromatic carbocycles. The molecule has 5 nitrogen and oxygen atoms in total. The number of nitrogens with two attached hydrogens (primary N) is 1. The highest BCUT2D eigenvalue weighted by Crippen LogP contribution is 2.32. The van der Waals surface area contributed by atoms with Crippen molar-refractivity contribution < 1.29 is 8.42 Å². The Labute approximate surface area is 116 Å². The van der Waals surface area contributed by atoms with Crippen LogP contribution in [-0.2, 0) is 10.0 Å². The van der Waals surface area contributed by atoms with Gasteiger partial charge in [-0.25, -0.2) is 8.42 Å². The number of sulfonamides is 1. The molecule has 0 aliphatic heterocycles. The fraction of sp³-hybridized carbons (Fsp3) is 0.455. The van der Waals surface area contributed by atoms with Crippen LogP contribution in [0.25, 0.3) is 0 Å². The second kappa shape index (κ2) is 6.29. The lowest BCUT2D eigenvalue weighted by Gasteiger charge is -2.14. The first-order chi connectivity index (χ1) is 8.33. The highest BCUT2D eigenvalue weighted by molar-refractivity contribution is 9.10. The van der Waals surface area contributed by atoms with Gasteiger partial charge < -0.3 is 11.1 Å². The Kier molecular flexibility index (Phi) is 5.28. The summed E-state index contributed by atoms with van der Waals surface area (Å²) < 4.78 is 25.6. The van der Waals surface area contributed by atoms with Gasteiger partial charge in [0.1, 0.15) is 0 Å². The molecular weight excluding hydrogens is 318 g/mol. The summed E-state index contributed by atoms with van der Waals surface area (Å²) in [6, 6.07) is 3.47. The van der Waals surface area contributed by atoms with Crippen molar-refractivity contribution in [3.8, 4) is 0 Å². The van der Waals surface area contributed by atoms with Crippen LogP contribution in [0.15, 0.2) is 16.6 Å². The lowest BCUT2D eigenvalue weighted by Crippen LogP contribution is -2.13. The number of halogens is 1. The molecule has 0 unspecified atom stereocenters. The minimum absolute atomic E-state index is 0.380. The van der Waals surface area contributed by atoms with E-state index in [1.165, 1.54) is 0 Å². The average molecular weight is 336 g/mol. The molecule has 0 bridgehead atoms. The SMILES string of the molecule is CCCCNc1cc(Br)cc(NS(C)(=O)=O)c1N. The molecule has 0 fully saturated rings. The summed E-state index contributed by atoms with van der Waals surface area (Å²) in [5.74, 6) is 0. The molecule has 0 aliphatic carbocycles. The number of hydrogen-bond acceptors (Lipinski definition) is 4. The van der Waals surface area contributed by atoms with Crippen molar-refractivity contribution in [3.05, 3.63) is 16.6 Å². The van der Waals surface area contributed by atoms with E-state index < -0.39 is 10.0 Å². The maximum Gasteiger partial charge on any atom is 0.229 e. The molecule has 102 valence electrons. The van der Waals surface area contributed by atoms with Gasteiger partial charge in [-0.2, -0.15) is 0 Å². The number of benzene rings is 1. The quantitative estimate of drug-likeness (QED) is 0.551. The summed E-state index contributed by atoms with van der Waals surface area (Å²) in [6.07, 6.45) is 3.20. The number of anilines is 3. The van der Waals surface area contributed by atoms with Crippen molar-refractivity contribution in [2.45, 2.75) is 19.8 Å². The van der Waals surface area contributed by atoms with Crippen molar-refractivity contribution in [2.24, 2.45) is 0 Å². The van der Waals surface area contributed by atoms with Gasteiger partial charge in [-0.1, -0.05) is 29.3 Å². The van der Waals surface area contributed by atoms with Crippen LogP contribution in [0, 0.1) is 0 Å². The third-order valence-corrected chi connectivity index (χ3v) is 3.33. The van der Waals surface area contributed by atoms with Crippen LogP contribution in [0.2, 0.25) is 0 Å². The third-order valence-electron chi connectivity index (χ3n) is 2.29. The number of hydrogen-bond donors (Lipinski definition) is 3. The summed E-state index contributed by atoms with van der Waals surface area (Å²) in [7, 11) is -3.34. The van der Waals surface area contributed by atoms with Gasteiger partial charge in [-0.3, -0.25) is 4.72 Å². The van der Waals surface area contributed by atoms with Gasteiger partial charge >= 0.3 is 0 Å². The van der Waals surface area contributed by atoms with Crippen LogP contribution in [-0.4, -0.2) is 21.2 Å². The van der Waals surface area contributed by atoms with Gasteiger partial charge in [0.15, 0.2) is 0 Å². The van der Waals surface area contributed by atoms with E-state index >= 15 is 0 Å². The monoisotopic (exact) mass is 335 g/mol. The Morgan fingerprint density at radius 1 is 1.33 bits per heavy atom. The van der Waals surface area contributed by atoms with E-state index in [-0.39, 0.29) is 0 Å². The van der Waals surface area contributed by atoms with Gasteiger partial charge in [0.05, 0.1) is 23.3 Å². The Balaban J connectivity index is 2.98. The molecular formula is C11H18BrN3O2S. The van der Waals surface area contributed by atoms with Crippen LogP contribution in [0.4, 0.5) is 17.1 Å². The van der Waals surface area contributed by atoms with Crippen molar-refractivity contribution >= 4 is 43.0 Å². The van der Waals surface area contributed by atoms with E-state index in [0.29, 0.717) is 11.4 Å². The van der Waals surface area contributed by atoms with Crippen LogP contribution >= 0.6 is 15.9 Å². The fourth-order valence-electron chi connectivity index (χ4n) is 1.45. The molecule has 7 heteroatoms. The molecule has 0 aromatic heterocycles. The Hall–Kier alpha value is -0.950. The summed E-state index contributed by atoms with van der Waals surface area (Å²) >= 11 is 3.33. The molecule has 1 rings (SSSR count). The van der Waals surface area contributed by atoms with Gasteiger partial charge in [-0.15, -0.1) is 0 Å². The van der Waals surface area contributed by atoms with Crippen LogP contribution < -0.4 is 15.8 Å². The normalized spacial score (nSPS) is 11.3. The van der Waals surface area contributed by atoms with Crippen LogP contribution in [0.5, 0.6) is 0 Å². The predicted octanol–water partition coefficient (Wildman–Crippen LogP) is 2.61. The predicted molar refractivity (Wildman–Crippen MR) is 80.4 cm³/mol. The van der Waals surface area contributed by atoms with E-state index in [1.807, 2.05) is 6.07 Å². The molecule has 4 N–H and O–H groups in total. The molecule has 0 heterocycles. The zero-order valence-corrected chi connectivity index (χ0v) is 12.9. The Morgan fingerprint density at radius 2 is 1.94 bits per heavy atom. The van der Waals surface area contributed by atoms with Crippen LogP contribution in [0.3, 0.4) is 0 Å². The van der Waals surface area contributed by atoms with E-state index in [9.17, 15) is 8.42 Å². The molecule has 1 aromatic rings. The summed E-state index contributed by atoms with van der Waals surface area (Å²) in [5.41, 5.74) is 7.44. The minimum Gasteiger partial charge on any atom is -0.395 e. The van der Waals surface area contributed by atoms with Gasteiger partial charge in [0.25, 0.3) is 0 Å². The van der Waals surface area contributed by atoms with E-state index in [4.69, 9.17) is 5.73 Å². The zero-order valence-electron chi connectivity index (χ0n) is 10.5. The lowest BCUT2D eigenvalue weighted by atomic mass is 10.2. The molecule has 0 aliphatic rings.